The molecule has 0 fully saturated rings. The summed E-state index contributed by atoms with van der Waals surface area (Å²) in [4.78, 5) is 27.6. The lowest BCUT2D eigenvalue weighted by Gasteiger charge is -2.03. The molecule has 1 amide bonds. The van der Waals surface area contributed by atoms with E-state index < -0.39 is 0 Å². The largest absolute Gasteiger partial charge is 0.350 e. The highest BCUT2D eigenvalue weighted by molar-refractivity contribution is 7.12. The lowest BCUT2D eigenvalue weighted by Crippen LogP contribution is -2.10. The number of rotatable bonds is 3. The van der Waals surface area contributed by atoms with Crippen LogP contribution >= 0.6 is 22.9 Å². The van der Waals surface area contributed by atoms with Gasteiger partial charge in [-0.3, -0.25) is 9.59 Å². The summed E-state index contributed by atoms with van der Waals surface area (Å²) in [5.41, 5.74) is 1.57. The van der Waals surface area contributed by atoms with Gasteiger partial charge in [0.2, 0.25) is 11.7 Å². The molecular weight excluding hydrogens is 308 g/mol. The molecule has 4 nitrogen and oxygen atoms in total. The molecule has 0 radical (unpaired) electrons. The Bertz CT molecular complexity index is 837. The molecule has 0 aliphatic heterocycles. The van der Waals surface area contributed by atoms with Gasteiger partial charge in [-0.1, -0.05) is 17.7 Å². The molecule has 2 aromatic heterocycles. The molecule has 0 aliphatic carbocycles. The Morgan fingerprint density at radius 1 is 1.29 bits per heavy atom. The number of benzene rings is 1. The average molecular weight is 319 g/mol. The van der Waals surface area contributed by atoms with E-state index in [1.807, 2.05) is 11.4 Å². The van der Waals surface area contributed by atoms with E-state index in [1.54, 1.807) is 24.3 Å². The van der Waals surface area contributed by atoms with Crippen molar-refractivity contribution in [3.8, 4) is 0 Å². The molecule has 2 N–H and O–H groups in total. The van der Waals surface area contributed by atoms with Crippen LogP contribution in [0.15, 0.2) is 35.7 Å². The van der Waals surface area contributed by atoms with E-state index in [0.29, 0.717) is 26.8 Å². The highest BCUT2D eigenvalue weighted by atomic mass is 35.5. The quantitative estimate of drug-likeness (QED) is 0.715. The third-order valence-corrected chi connectivity index (χ3v) is 4.14. The minimum Gasteiger partial charge on any atom is -0.350 e. The van der Waals surface area contributed by atoms with Crippen LogP contribution < -0.4 is 5.32 Å². The molecule has 2 heterocycles. The van der Waals surface area contributed by atoms with Crippen LogP contribution in [0.25, 0.3) is 10.9 Å². The number of amides is 1. The van der Waals surface area contributed by atoms with E-state index in [9.17, 15) is 9.59 Å². The van der Waals surface area contributed by atoms with Crippen molar-refractivity contribution in [1.82, 2.24) is 4.98 Å². The molecule has 1 aromatic carbocycles. The van der Waals surface area contributed by atoms with Crippen LogP contribution in [0.3, 0.4) is 0 Å². The molecule has 0 atom stereocenters. The zero-order valence-electron chi connectivity index (χ0n) is 11.1. The summed E-state index contributed by atoms with van der Waals surface area (Å²) in [6.45, 7) is 1.41. The van der Waals surface area contributed by atoms with Gasteiger partial charge in [-0.2, -0.15) is 0 Å². The van der Waals surface area contributed by atoms with E-state index in [2.05, 4.69) is 10.3 Å². The number of aromatic amines is 1. The Morgan fingerprint density at radius 3 is 2.76 bits per heavy atom. The van der Waals surface area contributed by atoms with Crippen LogP contribution in [0.5, 0.6) is 0 Å². The average Bonchev–Trinajstić information content (AvgIpc) is 3.05. The molecule has 6 heteroatoms. The Balaban J connectivity index is 2.20. The topological polar surface area (TPSA) is 62.0 Å². The summed E-state index contributed by atoms with van der Waals surface area (Å²) >= 11 is 7.33. The second-order valence-electron chi connectivity index (χ2n) is 4.55. The Morgan fingerprint density at radius 2 is 2.10 bits per heavy atom. The zero-order chi connectivity index (χ0) is 15.0. The summed E-state index contributed by atoms with van der Waals surface area (Å²) in [7, 11) is 0. The second-order valence-corrected chi connectivity index (χ2v) is 5.94. The molecule has 106 valence electrons. The van der Waals surface area contributed by atoms with Gasteiger partial charge in [0, 0.05) is 22.8 Å². The third kappa shape index (κ3) is 2.57. The van der Waals surface area contributed by atoms with E-state index in [-0.39, 0.29) is 11.7 Å². The van der Waals surface area contributed by atoms with Crippen molar-refractivity contribution in [3.63, 3.8) is 0 Å². The number of hydrogen-bond acceptors (Lipinski definition) is 3. The summed E-state index contributed by atoms with van der Waals surface area (Å²) in [6.07, 6.45) is 0. The summed E-state index contributed by atoms with van der Waals surface area (Å²) in [6, 6.07) is 8.80. The van der Waals surface area contributed by atoms with Crippen LogP contribution in [-0.4, -0.2) is 16.7 Å². The minimum absolute atomic E-state index is 0.152. The van der Waals surface area contributed by atoms with Gasteiger partial charge in [0.1, 0.15) is 5.69 Å². The standard InChI is InChI=1S/C15H11ClN2O2S/c1-8(19)17-13-10-5-4-9(16)7-11(10)18-14(13)15(20)12-3-2-6-21-12/h2-7,18H,1H3,(H,17,19). The van der Waals surface area contributed by atoms with E-state index >= 15 is 0 Å². The first-order chi connectivity index (χ1) is 10.1. The molecule has 3 aromatic rings. The maximum Gasteiger partial charge on any atom is 0.221 e. The Kier molecular flexibility index (Phi) is 3.53. The van der Waals surface area contributed by atoms with Crippen molar-refractivity contribution in [2.45, 2.75) is 6.92 Å². The van der Waals surface area contributed by atoms with Gasteiger partial charge in [0.25, 0.3) is 0 Å². The van der Waals surface area contributed by atoms with Crippen molar-refractivity contribution in [2.24, 2.45) is 0 Å². The number of carbonyl (C=O) groups is 2. The fourth-order valence-corrected chi connectivity index (χ4v) is 3.02. The fourth-order valence-electron chi connectivity index (χ4n) is 2.18. The number of fused-ring (bicyclic) bond motifs is 1. The number of anilines is 1. The summed E-state index contributed by atoms with van der Waals surface area (Å²) < 4.78 is 0. The van der Waals surface area contributed by atoms with Gasteiger partial charge in [-0.25, -0.2) is 0 Å². The first-order valence-corrected chi connectivity index (χ1v) is 7.49. The zero-order valence-corrected chi connectivity index (χ0v) is 12.6. The van der Waals surface area contributed by atoms with Crippen molar-refractivity contribution < 1.29 is 9.59 Å². The molecule has 0 unspecified atom stereocenters. The highest BCUT2D eigenvalue weighted by Crippen LogP contribution is 2.31. The number of carbonyl (C=O) groups excluding carboxylic acids is 2. The van der Waals surface area contributed by atoms with Crippen LogP contribution in [0.2, 0.25) is 5.02 Å². The van der Waals surface area contributed by atoms with Gasteiger partial charge >= 0.3 is 0 Å². The number of nitrogens with one attached hydrogen (secondary N) is 2. The molecule has 0 bridgehead atoms. The third-order valence-electron chi connectivity index (χ3n) is 3.03. The maximum absolute atomic E-state index is 12.6. The summed E-state index contributed by atoms with van der Waals surface area (Å²) in [5.74, 6) is -0.382. The van der Waals surface area contributed by atoms with E-state index in [0.717, 1.165) is 5.39 Å². The Hall–Kier alpha value is -2.11. The van der Waals surface area contributed by atoms with E-state index in [4.69, 9.17) is 11.6 Å². The first-order valence-electron chi connectivity index (χ1n) is 6.23. The number of halogens is 1. The van der Waals surface area contributed by atoms with Gasteiger partial charge in [0.05, 0.1) is 10.6 Å². The van der Waals surface area contributed by atoms with Crippen LogP contribution in [-0.2, 0) is 4.79 Å². The molecule has 21 heavy (non-hydrogen) atoms. The monoisotopic (exact) mass is 318 g/mol. The number of aromatic nitrogens is 1. The van der Waals surface area contributed by atoms with Crippen LogP contribution in [0, 0.1) is 0 Å². The number of H-pyrrole nitrogens is 1. The van der Waals surface area contributed by atoms with Crippen molar-refractivity contribution >= 4 is 51.2 Å². The van der Waals surface area contributed by atoms with Crippen LogP contribution in [0.1, 0.15) is 22.3 Å². The highest BCUT2D eigenvalue weighted by Gasteiger charge is 2.20. The predicted octanol–water partition coefficient (Wildman–Crippen LogP) is 4.07. The first kappa shape index (κ1) is 13.9. The predicted molar refractivity (Wildman–Crippen MR) is 85.4 cm³/mol. The Labute approximate surface area is 129 Å². The molecule has 0 saturated heterocycles. The van der Waals surface area contributed by atoms with Crippen molar-refractivity contribution in [1.29, 1.82) is 0 Å². The second kappa shape index (κ2) is 5.35. The molecule has 0 aliphatic rings. The molecule has 3 rings (SSSR count). The lowest BCUT2D eigenvalue weighted by molar-refractivity contribution is -0.114. The SMILES string of the molecule is CC(=O)Nc1c(C(=O)c2cccs2)[nH]c2cc(Cl)ccc12. The van der Waals surface area contributed by atoms with Gasteiger partial charge < -0.3 is 10.3 Å². The lowest BCUT2D eigenvalue weighted by atomic mass is 10.1. The minimum atomic E-state index is -0.230. The van der Waals surface area contributed by atoms with Crippen molar-refractivity contribution in [2.75, 3.05) is 5.32 Å². The molecule has 0 spiro atoms. The molecular formula is C15H11ClN2O2S. The van der Waals surface area contributed by atoms with Crippen molar-refractivity contribution in [3.05, 3.63) is 51.3 Å². The molecule has 0 saturated carbocycles. The van der Waals surface area contributed by atoms with Gasteiger partial charge in [0.15, 0.2) is 0 Å². The smallest absolute Gasteiger partial charge is 0.221 e. The summed E-state index contributed by atoms with van der Waals surface area (Å²) in [5, 5.41) is 5.89. The van der Waals surface area contributed by atoms with Gasteiger partial charge in [-0.15, -0.1) is 11.3 Å². The fraction of sp³-hybridized carbons (Fsp3) is 0.0667. The normalized spacial score (nSPS) is 10.8. The van der Waals surface area contributed by atoms with Gasteiger partial charge in [-0.05, 0) is 29.6 Å². The van der Waals surface area contributed by atoms with Crippen LogP contribution in [0.4, 0.5) is 5.69 Å². The maximum atomic E-state index is 12.6. The number of thiophene rings is 1. The van der Waals surface area contributed by atoms with E-state index in [1.165, 1.54) is 18.3 Å². The number of ketones is 1. The number of hydrogen-bond donors (Lipinski definition) is 2.